The summed E-state index contributed by atoms with van der Waals surface area (Å²) in [6.07, 6.45) is 1.55. The standard InChI is InChI=1S/C27H23FN2O4/c1-32-22-13-20(14-23(15-22)33-2)27(31)30-29-16-25-24-6-4-3-5-19(24)9-12-26(25)34-17-18-7-10-21(28)11-8-18/h3-16H,17H2,1-2H3,(H,30,31)/b29-16-. The monoisotopic (exact) mass is 458 g/mol. The van der Waals surface area contributed by atoms with E-state index in [0.29, 0.717) is 28.4 Å². The Kier molecular flexibility index (Phi) is 7.03. The third kappa shape index (κ3) is 5.32. The quantitative estimate of drug-likeness (QED) is 0.286. The van der Waals surface area contributed by atoms with Gasteiger partial charge in [0.15, 0.2) is 0 Å². The number of methoxy groups -OCH3 is 2. The van der Waals surface area contributed by atoms with Gasteiger partial charge in [-0.3, -0.25) is 4.79 Å². The summed E-state index contributed by atoms with van der Waals surface area (Å²) in [7, 11) is 3.03. The number of rotatable bonds is 8. The Balaban J connectivity index is 1.58. The number of fused-ring (bicyclic) bond motifs is 1. The lowest BCUT2D eigenvalue weighted by atomic mass is 10.0. The minimum Gasteiger partial charge on any atom is -0.497 e. The number of ether oxygens (including phenoxy) is 3. The SMILES string of the molecule is COc1cc(OC)cc(C(=O)N/N=C\c2c(OCc3ccc(F)cc3)ccc3ccccc23)c1. The van der Waals surface area contributed by atoms with E-state index in [1.807, 2.05) is 36.4 Å². The smallest absolute Gasteiger partial charge is 0.271 e. The van der Waals surface area contributed by atoms with E-state index in [9.17, 15) is 9.18 Å². The van der Waals surface area contributed by atoms with Crippen LogP contribution in [0.25, 0.3) is 10.8 Å². The summed E-state index contributed by atoms with van der Waals surface area (Å²) >= 11 is 0. The number of carbonyl (C=O) groups is 1. The number of benzene rings is 4. The van der Waals surface area contributed by atoms with Gasteiger partial charge in [-0.1, -0.05) is 42.5 Å². The molecule has 0 saturated heterocycles. The van der Waals surface area contributed by atoms with Crippen LogP contribution >= 0.6 is 0 Å². The van der Waals surface area contributed by atoms with Gasteiger partial charge in [-0.2, -0.15) is 5.10 Å². The van der Waals surface area contributed by atoms with Crippen molar-refractivity contribution >= 4 is 22.9 Å². The van der Waals surface area contributed by atoms with Crippen LogP contribution in [-0.4, -0.2) is 26.3 Å². The Morgan fingerprint density at radius 3 is 2.35 bits per heavy atom. The Labute approximate surface area is 196 Å². The van der Waals surface area contributed by atoms with Gasteiger partial charge in [-0.15, -0.1) is 0 Å². The largest absolute Gasteiger partial charge is 0.497 e. The summed E-state index contributed by atoms with van der Waals surface area (Å²) in [6.45, 7) is 0.259. The van der Waals surface area contributed by atoms with Crippen molar-refractivity contribution in [1.82, 2.24) is 5.43 Å². The van der Waals surface area contributed by atoms with Crippen LogP contribution < -0.4 is 19.6 Å². The number of hydrogen-bond acceptors (Lipinski definition) is 5. The van der Waals surface area contributed by atoms with E-state index in [0.717, 1.165) is 16.3 Å². The van der Waals surface area contributed by atoms with Crippen LogP contribution in [0.2, 0.25) is 0 Å². The van der Waals surface area contributed by atoms with Crippen molar-refractivity contribution in [2.75, 3.05) is 14.2 Å². The second-order valence-corrected chi connectivity index (χ2v) is 7.41. The molecule has 0 saturated carbocycles. The zero-order valence-corrected chi connectivity index (χ0v) is 18.7. The van der Waals surface area contributed by atoms with Gasteiger partial charge in [-0.25, -0.2) is 9.82 Å². The van der Waals surface area contributed by atoms with Gasteiger partial charge in [0.05, 0.1) is 20.4 Å². The van der Waals surface area contributed by atoms with Gasteiger partial charge in [-0.05, 0) is 46.7 Å². The fourth-order valence-electron chi connectivity index (χ4n) is 3.43. The lowest BCUT2D eigenvalue weighted by Gasteiger charge is -2.12. The Bertz CT molecular complexity index is 1310. The van der Waals surface area contributed by atoms with Crippen LogP contribution in [-0.2, 0) is 6.61 Å². The summed E-state index contributed by atoms with van der Waals surface area (Å²) < 4.78 is 29.6. The molecule has 4 aromatic carbocycles. The Morgan fingerprint density at radius 1 is 0.941 bits per heavy atom. The molecule has 6 nitrogen and oxygen atoms in total. The van der Waals surface area contributed by atoms with E-state index in [2.05, 4.69) is 10.5 Å². The third-order valence-corrected chi connectivity index (χ3v) is 5.21. The van der Waals surface area contributed by atoms with E-state index in [1.165, 1.54) is 26.4 Å². The fourth-order valence-corrected chi connectivity index (χ4v) is 3.43. The van der Waals surface area contributed by atoms with E-state index in [1.54, 1.807) is 36.5 Å². The number of hydrazone groups is 1. The number of amides is 1. The molecule has 0 spiro atoms. The van der Waals surface area contributed by atoms with Crippen LogP contribution in [0.1, 0.15) is 21.5 Å². The van der Waals surface area contributed by atoms with Gasteiger partial charge in [0.2, 0.25) is 0 Å². The summed E-state index contributed by atoms with van der Waals surface area (Å²) in [6, 6.07) is 22.6. The molecule has 0 radical (unpaired) electrons. The molecular weight excluding hydrogens is 435 g/mol. The fraction of sp³-hybridized carbons (Fsp3) is 0.111. The molecule has 0 aliphatic heterocycles. The van der Waals surface area contributed by atoms with E-state index < -0.39 is 5.91 Å². The molecule has 172 valence electrons. The van der Waals surface area contributed by atoms with Crippen molar-refractivity contribution in [3.63, 3.8) is 0 Å². The van der Waals surface area contributed by atoms with Gasteiger partial charge in [0.1, 0.15) is 29.7 Å². The first kappa shape index (κ1) is 22.8. The lowest BCUT2D eigenvalue weighted by molar-refractivity contribution is 0.0954. The summed E-state index contributed by atoms with van der Waals surface area (Å²) in [5, 5.41) is 6.09. The first-order valence-corrected chi connectivity index (χ1v) is 10.5. The average Bonchev–Trinajstić information content (AvgIpc) is 2.88. The van der Waals surface area contributed by atoms with E-state index >= 15 is 0 Å². The van der Waals surface area contributed by atoms with Crippen molar-refractivity contribution < 1.29 is 23.4 Å². The molecular formula is C27H23FN2O4. The zero-order chi connectivity index (χ0) is 23.9. The van der Waals surface area contributed by atoms with Crippen LogP contribution in [0.15, 0.2) is 84.0 Å². The zero-order valence-electron chi connectivity index (χ0n) is 18.7. The highest BCUT2D eigenvalue weighted by atomic mass is 19.1. The number of halogens is 1. The Hall–Kier alpha value is -4.39. The molecule has 0 aromatic heterocycles. The molecule has 1 amide bonds. The van der Waals surface area contributed by atoms with Crippen molar-refractivity contribution in [2.24, 2.45) is 5.10 Å². The molecule has 1 N–H and O–H groups in total. The molecule has 0 heterocycles. The van der Waals surface area contributed by atoms with Crippen molar-refractivity contribution in [1.29, 1.82) is 0 Å². The topological polar surface area (TPSA) is 69.2 Å². The molecule has 0 unspecified atom stereocenters. The maximum absolute atomic E-state index is 13.2. The third-order valence-electron chi connectivity index (χ3n) is 5.21. The average molecular weight is 458 g/mol. The molecule has 4 rings (SSSR count). The molecule has 4 aromatic rings. The minimum absolute atomic E-state index is 0.259. The summed E-state index contributed by atoms with van der Waals surface area (Å²) in [5.74, 6) is 0.872. The highest BCUT2D eigenvalue weighted by Gasteiger charge is 2.11. The summed E-state index contributed by atoms with van der Waals surface area (Å²) in [4.78, 5) is 12.7. The van der Waals surface area contributed by atoms with Crippen LogP contribution in [0, 0.1) is 5.82 Å². The molecule has 34 heavy (non-hydrogen) atoms. The molecule has 7 heteroatoms. The summed E-state index contributed by atoms with van der Waals surface area (Å²) in [5.41, 5.74) is 4.43. The van der Waals surface area contributed by atoms with Crippen molar-refractivity contribution in [2.45, 2.75) is 6.61 Å². The van der Waals surface area contributed by atoms with Crippen LogP contribution in [0.5, 0.6) is 17.2 Å². The maximum Gasteiger partial charge on any atom is 0.271 e. The molecule has 0 fully saturated rings. The Morgan fingerprint density at radius 2 is 1.65 bits per heavy atom. The molecule has 0 atom stereocenters. The number of nitrogens with zero attached hydrogens (tertiary/aromatic N) is 1. The van der Waals surface area contributed by atoms with E-state index in [-0.39, 0.29) is 12.4 Å². The minimum atomic E-state index is -0.414. The lowest BCUT2D eigenvalue weighted by Crippen LogP contribution is -2.18. The number of carbonyl (C=O) groups excluding carboxylic acids is 1. The van der Waals surface area contributed by atoms with Crippen molar-refractivity contribution in [3.05, 3.63) is 101 Å². The second-order valence-electron chi connectivity index (χ2n) is 7.41. The first-order valence-electron chi connectivity index (χ1n) is 10.5. The van der Waals surface area contributed by atoms with Gasteiger partial charge in [0.25, 0.3) is 5.91 Å². The molecule has 0 bridgehead atoms. The highest BCUT2D eigenvalue weighted by molar-refractivity contribution is 6.03. The van der Waals surface area contributed by atoms with Gasteiger partial charge >= 0.3 is 0 Å². The van der Waals surface area contributed by atoms with Gasteiger partial charge < -0.3 is 14.2 Å². The predicted molar refractivity (Wildman–Crippen MR) is 129 cm³/mol. The number of nitrogens with one attached hydrogen (secondary N) is 1. The van der Waals surface area contributed by atoms with Gasteiger partial charge in [0, 0.05) is 17.2 Å². The van der Waals surface area contributed by atoms with E-state index in [4.69, 9.17) is 14.2 Å². The number of hydrogen-bond donors (Lipinski definition) is 1. The molecule has 0 aliphatic rings. The van der Waals surface area contributed by atoms with Crippen LogP contribution in [0.4, 0.5) is 4.39 Å². The highest BCUT2D eigenvalue weighted by Crippen LogP contribution is 2.27. The second kappa shape index (κ2) is 10.5. The molecule has 0 aliphatic carbocycles. The van der Waals surface area contributed by atoms with Crippen LogP contribution in [0.3, 0.4) is 0 Å². The predicted octanol–water partition coefficient (Wildman–Crippen LogP) is 5.34. The van der Waals surface area contributed by atoms with Crippen molar-refractivity contribution in [3.8, 4) is 17.2 Å². The normalized spacial score (nSPS) is 10.9. The maximum atomic E-state index is 13.2. The first-order chi connectivity index (χ1) is 16.6.